The number of rotatable bonds is 14. The lowest BCUT2D eigenvalue weighted by molar-refractivity contribution is -0.166. The molecule has 140 valence electrons. The molecule has 0 amide bonds. The second-order valence-corrected chi connectivity index (χ2v) is 6.11. The highest BCUT2D eigenvalue weighted by Gasteiger charge is 2.38. The molecule has 0 aliphatic rings. The SMILES string of the molecule is CCCCCCCCCC(=O)C(C)C(C(=O)OCC)C(=O)OCC. The van der Waals surface area contributed by atoms with Crippen LogP contribution in [0.25, 0.3) is 0 Å². The molecular weight excluding hydrogens is 308 g/mol. The molecule has 1 unspecified atom stereocenters. The van der Waals surface area contributed by atoms with Crippen LogP contribution in [0.5, 0.6) is 0 Å². The van der Waals surface area contributed by atoms with Gasteiger partial charge < -0.3 is 9.47 Å². The van der Waals surface area contributed by atoms with Gasteiger partial charge in [0.05, 0.1) is 13.2 Å². The molecule has 0 aromatic heterocycles. The Morgan fingerprint density at radius 3 is 1.67 bits per heavy atom. The van der Waals surface area contributed by atoms with Gasteiger partial charge in [-0.15, -0.1) is 0 Å². The van der Waals surface area contributed by atoms with Crippen molar-refractivity contribution in [2.75, 3.05) is 13.2 Å². The van der Waals surface area contributed by atoms with Crippen LogP contribution in [0.1, 0.15) is 79.1 Å². The summed E-state index contributed by atoms with van der Waals surface area (Å²) in [5.74, 6) is -3.27. The predicted molar refractivity (Wildman–Crippen MR) is 93.5 cm³/mol. The minimum Gasteiger partial charge on any atom is -0.465 e. The highest BCUT2D eigenvalue weighted by Crippen LogP contribution is 2.20. The second-order valence-electron chi connectivity index (χ2n) is 6.11. The first kappa shape index (κ1) is 22.6. The highest BCUT2D eigenvalue weighted by atomic mass is 16.6. The first-order valence-corrected chi connectivity index (χ1v) is 9.35. The molecule has 0 aromatic rings. The summed E-state index contributed by atoms with van der Waals surface area (Å²) in [5, 5.41) is 0. The van der Waals surface area contributed by atoms with E-state index in [0.717, 1.165) is 19.3 Å². The minimum absolute atomic E-state index is 0.0744. The number of esters is 2. The standard InChI is InChI=1S/C19H34O5/c1-5-8-9-10-11-12-13-14-16(20)15(4)17(18(21)23-6-2)19(22)24-7-3/h15,17H,5-14H2,1-4H3. The Balaban J connectivity index is 4.40. The van der Waals surface area contributed by atoms with Crippen molar-refractivity contribution in [3.05, 3.63) is 0 Å². The van der Waals surface area contributed by atoms with Gasteiger partial charge in [0.25, 0.3) is 0 Å². The third-order valence-electron chi connectivity index (χ3n) is 4.12. The molecule has 0 aliphatic carbocycles. The number of carbonyl (C=O) groups excluding carboxylic acids is 3. The molecule has 1 atom stereocenters. The summed E-state index contributed by atoms with van der Waals surface area (Å²) in [6.45, 7) is 7.49. The van der Waals surface area contributed by atoms with Gasteiger partial charge in [0, 0.05) is 12.3 Å². The Morgan fingerprint density at radius 1 is 0.750 bits per heavy atom. The molecule has 0 bridgehead atoms. The third-order valence-corrected chi connectivity index (χ3v) is 4.12. The van der Waals surface area contributed by atoms with E-state index in [1.807, 2.05) is 0 Å². The van der Waals surface area contributed by atoms with Crippen molar-refractivity contribution in [1.82, 2.24) is 0 Å². The van der Waals surface area contributed by atoms with Crippen LogP contribution in [0.2, 0.25) is 0 Å². The maximum atomic E-state index is 12.3. The predicted octanol–water partition coefficient (Wildman–Crippen LogP) is 4.07. The van der Waals surface area contributed by atoms with Gasteiger partial charge in [-0.1, -0.05) is 52.4 Å². The van der Waals surface area contributed by atoms with E-state index >= 15 is 0 Å². The molecule has 0 fully saturated rings. The van der Waals surface area contributed by atoms with Gasteiger partial charge in [-0.05, 0) is 20.3 Å². The zero-order chi connectivity index (χ0) is 18.4. The van der Waals surface area contributed by atoms with Gasteiger partial charge in [-0.25, -0.2) is 0 Å². The molecule has 0 spiro atoms. The van der Waals surface area contributed by atoms with E-state index in [-0.39, 0.29) is 19.0 Å². The van der Waals surface area contributed by atoms with E-state index in [2.05, 4.69) is 6.92 Å². The van der Waals surface area contributed by atoms with Crippen LogP contribution in [0.4, 0.5) is 0 Å². The molecule has 0 N–H and O–H groups in total. The van der Waals surface area contributed by atoms with Crippen LogP contribution in [-0.4, -0.2) is 30.9 Å². The largest absolute Gasteiger partial charge is 0.465 e. The topological polar surface area (TPSA) is 69.7 Å². The van der Waals surface area contributed by atoms with E-state index < -0.39 is 23.8 Å². The zero-order valence-corrected chi connectivity index (χ0v) is 15.8. The van der Waals surface area contributed by atoms with Gasteiger partial charge >= 0.3 is 11.9 Å². The first-order chi connectivity index (χ1) is 11.5. The Bertz CT molecular complexity index is 360. The molecule has 0 heterocycles. The van der Waals surface area contributed by atoms with Crippen LogP contribution < -0.4 is 0 Å². The van der Waals surface area contributed by atoms with Crippen LogP contribution in [-0.2, 0) is 23.9 Å². The van der Waals surface area contributed by atoms with Crippen molar-refractivity contribution in [3.8, 4) is 0 Å². The fourth-order valence-corrected chi connectivity index (χ4v) is 2.64. The number of Topliss-reactive ketones (excluding diaryl/α,β-unsaturated/α-hetero) is 1. The quantitative estimate of drug-likeness (QED) is 0.270. The van der Waals surface area contributed by atoms with Gasteiger partial charge in [-0.2, -0.15) is 0 Å². The molecule has 0 rings (SSSR count). The molecule has 0 saturated carbocycles. The lowest BCUT2D eigenvalue weighted by Crippen LogP contribution is -2.36. The third kappa shape index (κ3) is 9.04. The molecule has 0 aliphatic heterocycles. The number of ketones is 1. The normalized spacial score (nSPS) is 12.0. The van der Waals surface area contributed by atoms with Crippen molar-refractivity contribution >= 4 is 17.7 Å². The lowest BCUT2D eigenvalue weighted by Gasteiger charge is -2.19. The molecule has 5 heteroatoms. The van der Waals surface area contributed by atoms with Gasteiger partial charge in [0.1, 0.15) is 5.78 Å². The zero-order valence-electron chi connectivity index (χ0n) is 15.8. The van der Waals surface area contributed by atoms with Crippen molar-refractivity contribution in [1.29, 1.82) is 0 Å². The Labute approximate surface area is 146 Å². The van der Waals surface area contributed by atoms with Crippen LogP contribution >= 0.6 is 0 Å². The number of hydrogen-bond acceptors (Lipinski definition) is 5. The molecule has 0 radical (unpaired) electrons. The number of hydrogen-bond donors (Lipinski definition) is 0. The lowest BCUT2D eigenvalue weighted by atomic mass is 9.88. The van der Waals surface area contributed by atoms with Crippen LogP contribution in [0.3, 0.4) is 0 Å². The smallest absolute Gasteiger partial charge is 0.321 e. The molecular formula is C19H34O5. The molecule has 0 aromatic carbocycles. The monoisotopic (exact) mass is 342 g/mol. The number of unbranched alkanes of at least 4 members (excludes halogenated alkanes) is 6. The molecule has 24 heavy (non-hydrogen) atoms. The van der Waals surface area contributed by atoms with E-state index in [1.165, 1.54) is 25.7 Å². The Morgan fingerprint density at radius 2 is 1.21 bits per heavy atom. The van der Waals surface area contributed by atoms with Crippen molar-refractivity contribution in [2.45, 2.75) is 79.1 Å². The summed E-state index contributed by atoms with van der Waals surface area (Å²) in [4.78, 5) is 36.3. The van der Waals surface area contributed by atoms with Gasteiger partial charge in [0.15, 0.2) is 5.92 Å². The van der Waals surface area contributed by atoms with Crippen LogP contribution in [0.15, 0.2) is 0 Å². The second kappa shape index (κ2) is 14.0. The maximum absolute atomic E-state index is 12.3. The van der Waals surface area contributed by atoms with Crippen molar-refractivity contribution < 1.29 is 23.9 Å². The summed E-state index contributed by atoms with van der Waals surface area (Å²) in [6.07, 6.45) is 8.25. The van der Waals surface area contributed by atoms with E-state index in [1.54, 1.807) is 20.8 Å². The number of carbonyl (C=O) groups is 3. The van der Waals surface area contributed by atoms with Gasteiger partial charge in [-0.3, -0.25) is 14.4 Å². The number of ether oxygens (including phenoxy) is 2. The average Bonchev–Trinajstić information content (AvgIpc) is 2.54. The summed E-state index contributed by atoms with van der Waals surface area (Å²) >= 11 is 0. The summed E-state index contributed by atoms with van der Waals surface area (Å²) < 4.78 is 9.86. The van der Waals surface area contributed by atoms with E-state index in [4.69, 9.17) is 9.47 Å². The molecule has 5 nitrogen and oxygen atoms in total. The summed E-state index contributed by atoms with van der Waals surface area (Å²) in [6, 6.07) is 0. The summed E-state index contributed by atoms with van der Waals surface area (Å²) in [5.41, 5.74) is 0. The highest BCUT2D eigenvalue weighted by molar-refractivity contribution is 6.00. The van der Waals surface area contributed by atoms with Crippen molar-refractivity contribution in [3.63, 3.8) is 0 Å². The van der Waals surface area contributed by atoms with E-state index in [9.17, 15) is 14.4 Å². The fraction of sp³-hybridized carbons (Fsp3) is 0.842. The van der Waals surface area contributed by atoms with E-state index in [0.29, 0.717) is 6.42 Å². The van der Waals surface area contributed by atoms with Crippen molar-refractivity contribution in [2.24, 2.45) is 11.8 Å². The molecule has 0 saturated heterocycles. The summed E-state index contributed by atoms with van der Waals surface area (Å²) in [7, 11) is 0. The average molecular weight is 342 g/mol. The van der Waals surface area contributed by atoms with Gasteiger partial charge in [0.2, 0.25) is 0 Å². The Kier molecular flexibility index (Phi) is 13.2. The maximum Gasteiger partial charge on any atom is 0.321 e. The first-order valence-electron chi connectivity index (χ1n) is 9.35. The Hall–Kier alpha value is -1.39. The van der Waals surface area contributed by atoms with Crippen LogP contribution in [0, 0.1) is 11.8 Å². The fourth-order valence-electron chi connectivity index (χ4n) is 2.64. The minimum atomic E-state index is -1.15.